The van der Waals surface area contributed by atoms with Crippen LogP contribution in [0, 0.1) is 0 Å². The van der Waals surface area contributed by atoms with Gasteiger partial charge in [-0.25, -0.2) is 13.0 Å². The Kier molecular flexibility index (Phi) is 3.36. The Balaban J connectivity index is 2.26. The van der Waals surface area contributed by atoms with Crippen molar-refractivity contribution in [2.75, 3.05) is 24.6 Å². The summed E-state index contributed by atoms with van der Waals surface area (Å²) in [5.41, 5.74) is 0. The SMILES string of the molecule is CC[N+](CC)=C1SC2CS(=O)(=O)CC2(C)S1. The highest BCUT2D eigenvalue weighted by molar-refractivity contribution is 8.42. The van der Waals surface area contributed by atoms with E-state index in [-0.39, 0.29) is 10.00 Å². The van der Waals surface area contributed by atoms with Crippen LogP contribution in [0.5, 0.6) is 0 Å². The van der Waals surface area contributed by atoms with Gasteiger partial charge in [-0.1, -0.05) is 0 Å². The summed E-state index contributed by atoms with van der Waals surface area (Å²) in [5.74, 6) is 0.693. The second kappa shape index (κ2) is 4.21. The number of hydrogen-bond acceptors (Lipinski definition) is 4. The summed E-state index contributed by atoms with van der Waals surface area (Å²) in [5, 5.41) is 0.248. The fourth-order valence-electron chi connectivity index (χ4n) is 2.22. The van der Waals surface area contributed by atoms with Gasteiger partial charge >= 0.3 is 0 Å². The first-order valence-electron chi connectivity index (χ1n) is 5.58. The van der Waals surface area contributed by atoms with Crippen LogP contribution in [0.2, 0.25) is 0 Å². The normalized spacial score (nSPS) is 36.4. The van der Waals surface area contributed by atoms with Crippen LogP contribution in [0.3, 0.4) is 0 Å². The maximum atomic E-state index is 11.6. The maximum absolute atomic E-state index is 11.6. The molecule has 0 aromatic heterocycles. The lowest BCUT2D eigenvalue weighted by Crippen LogP contribution is -2.27. The van der Waals surface area contributed by atoms with E-state index in [9.17, 15) is 8.42 Å². The second-order valence-electron chi connectivity index (χ2n) is 4.51. The molecule has 0 aromatic rings. The van der Waals surface area contributed by atoms with E-state index < -0.39 is 9.84 Å². The summed E-state index contributed by atoms with van der Waals surface area (Å²) in [6.45, 7) is 8.38. The minimum atomic E-state index is -2.80. The molecule has 0 amide bonds. The molecule has 2 rings (SSSR count). The van der Waals surface area contributed by atoms with Crippen molar-refractivity contribution in [3.8, 4) is 0 Å². The van der Waals surface area contributed by atoms with Gasteiger partial charge in [0.15, 0.2) is 9.84 Å². The molecule has 0 aliphatic carbocycles. The Hall–Kier alpha value is 0.320. The monoisotopic (exact) mass is 280 g/mol. The van der Waals surface area contributed by atoms with E-state index in [2.05, 4.69) is 25.3 Å². The summed E-state index contributed by atoms with van der Waals surface area (Å²) in [7, 11) is -2.80. The van der Waals surface area contributed by atoms with Crippen molar-refractivity contribution < 1.29 is 13.0 Å². The summed E-state index contributed by atoms with van der Waals surface area (Å²) >= 11 is 3.54. The molecule has 0 saturated carbocycles. The summed E-state index contributed by atoms with van der Waals surface area (Å²) in [6.07, 6.45) is 0. The molecule has 2 unspecified atom stereocenters. The van der Waals surface area contributed by atoms with Gasteiger partial charge in [-0.05, 0) is 44.3 Å². The lowest BCUT2D eigenvalue weighted by atomic mass is 10.1. The zero-order valence-corrected chi connectivity index (χ0v) is 12.3. The molecule has 2 aliphatic rings. The van der Waals surface area contributed by atoms with Crippen LogP contribution in [0.4, 0.5) is 0 Å². The Labute approximate surface area is 106 Å². The van der Waals surface area contributed by atoms with Gasteiger partial charge in [-0.2, -0.15) is 0 Å². The van der Waals surface area contributed by atoms with Crippen LogP contribution in [0.15, 0.2) is 0 Å². The van der Waals surface area contributed by atoms with E-state index in [0.29, 0.717) is 11.5 Å². The van der Waals surface area contributed by atoms with Crippen LogP contribution in [0.1, 0.15) is 20.8 Å². The van der Waals surface area contributed by atoms with Gasteiger partial charge < -0.3 is 0 Å². The average Bonchev–Trinajstić information content (AvgIpc) is 2.53. The van der Waals surface area contributed by atoms with Crippen LogP contribution in [0.25, 0.3) is 0 Å². The van der Waals surface area contributed by atoms with Crippen molar-refractivity contribution in [2.45, 2.75) is 30.8 Å². The highest BCUT2D eigenvalue weighted by Gasteiger charge is 2.56. The molecule has 2 aliphatic heterocycles. The zero-order valence-electron chi connectivity index (χ0n) is 9.89. The molecule has 0 spiro atoms. The predicted molar refractivity (Wildman–Crippen MR) is 72.4 cm³/mol. The van der Waals surface area contributed by atoms with Crippen molar-refractivity contribution in [1.29, 1.82) is 0 Å². The summed E-state index contributed by atoms with van der Waals surface area (Å²) in [6, 6.07) is 0. The number of sulfone groups is 1. The van der Waals surface area contributed by atoms with Gasteiger partial charge in [-0.15, -0.1) is 0 Å². The molecule has 0 N–H and O–H groups in total. The summed E-state index contributed by atoms with van der Waals surface area (Å²) in [4.78, 5) is 0. The minimum absolute atomic E-state index is 0.0958. The zero-order chi connectivity index (χ0) is 12.0. The van der Waals surface area contributed by atoms with E-state index in [1.54, 1.807) is 23.5 Å². The maximum Gasteiger partial charge on any atom is 0.270 e. The van der Waals surface area contributed by atoms with E-state index in [4.69, 9.17) is 0 Å². The highest BCUT2D eigenvalue weighted by atomic mass is 32.2. The third-order valence-electron chi connectivity index (χ3n) is 3.18. The second-order valence-corrected chi connectivity index (χ2v) is 9.60. The van der Waals surface area contributed by atoms with Crippen LogP contribution < -0.4 is 0 Å². The van der Waals surface area contributed by atoms with Gasteiger partial charge in [-0.3, -0.25) is 0 Å². The number of nitrogens with zero attached hydrogens (tertiary/aromatic N) is 1. The Morgan fingerprint density at radius 1 is 1.44 bits per heavy atom. The molecule has 2 atom stereocenters. The summed E-state index contributed by atoms with van der Waals surface area (Å²) < 4.78 is 26.8. The van der Waals surface area contributed by atoms with Crippen LogP contribution >= 0.6 is 23.5 Å². The van der Waals surface area contributed by atoms with Crippen molar-refractivity contribution in [1.82, 2.24) is 0 Å². The fourth-order valence-corrected chi connectivity index (χ4v) is 9.50. The quantitative estimate of drug-likeness (QED) is 0.717. The third kappa shape index (κ3) is 2.16. The largest absolute Gasteiger partial charge is 0.270 e. The Bertz CT molecular complexity index is 423. The standard InChI is InChI=1S/C10H18NO2S3/c1-4-11(5-2)9-14-8-6-16(12,13)7-10(8,3)15-9/h8H,4-7H2,1-3H3/q+1. The third-order valence-corrected chi connectivity index (χ3v) is 8.90. The topological polar surface area (TPSA) is 37.1 Å². The van der Waals surface area contributed by atoms with E-state index >= 15 is 0 Å². The van der Waals surface area contributed by atoms with Crippen molar-refractivity contribution in [2.24, 2.45) is 0 Å². The van der Waals surface area contributed by atoms with Gasteiger partial charge in [0.25, 0.3) is 4.38 Å². The molecule has 0 bridgehead atoms. The fraction of sp³-hybridized carbons (Fsp3) is 0.900. The first-order valence-corrected chi connectivity index (χ1v) is 9.10. The smallest absolute Gasteiger partial charge is 0.229 e. The highest BCUT2D eigenvalue weighted by Crippen LogP contribution is 2.52. The molecule has 92 valence electrons. The number of hydrogen-bond donors (Lipinski definition) is 0. The average molecular weight is 280 g/mol. The van der Waals surface area contributed by atoms with Gasteiger partial charge in [0.05, 0.1) is 16.3 Å². The molecule has 16 heavy (non-hydrogen) atoms. The van der Waals surface area contributed by atoms with Gasteiger partial charge in [0.2, 0.25) is 0 Å². The van der Waals surface area contributed by atoms with E-state index in [1.165, 1.54) is 4.38 Å². The minimum Gasteiger partial charge on any atom is -0.229 e. The molecular weight excluding hydrogens is 262 g/mol. The predicted octanol–water partition coefficient (Wildman–Crippen LogP) is 1.43. The van der Waals surface area contributed by atoms with Crippen molar-refractivity contribution in [3.05, 3.63) is 0 Å². The lowest BCUT2D eigenvalue weighted by molar-refractivity contribution is -0.515. The number of fused-ring (bicyclic) bond motifs is 1. The Morgan fingerprint density at radius 2 is 2.06 bits per heavy atom. The molecule has 3 nitrogen and oxygen atoms in total. The van der Waals surface area contributed by atoms with Gasteiger partial charge in [0.1, 0.15) is 13.1 Å². The molecule has 0 aromatic carbocycles. The van der Waals surface area contributed by atoms with Crippen molar-refractivity contribution in [3.63, 3.8) is 0 Å². The van der Waals surface area contributed by atoms with Gasteiger partial charge in [0, 0.05) is 5.25 Å². The molecule has 2 fully saturated rings. The van der Waals surface area contributed by atoms with Crippen molar-refractivity contribution >= 4 is 37.7 Å². The first-order chi connectivity index (χ1) is 7.40. The lowest BCUT2D eigenvalue weighted by Gasteiger charge is -2.16. The van der Waals surface area contributed by atoms with Crippen LogP contribution in [-0.2, 0) is 9.84 Å². The number of rotatable bonds is 2. The Morgan fingerprint density at radius 3 is 2.56 bits per heavy atom. The van der Waals surface area contributed by atoms with E-state index in [0.717, 1.165) is 13.1 Å². The number of thioether (sulfide) groups is 2. The molecular formula is C10H18NO2S3+. The molecule has 2 heterocycles. The van der Waals surface area contributed by atoms with Crippen LogP contribution in [-0.4, -0.2) is 52.0 Å². The first kappa shape index (κ1) is 12.8. The molecule has 6 heteroatoms. The molecule has 2 saturated heterocycles. The van der Waals surface area contributed by atoms with E-state index in [1.807, 2.05) is 0 Å². The molecule has 0 radical (unpaired) electrons.